The highest BCUT2D eigenvalue weighted by Gasteiger charge is 2.13. The summed E-state index contributed by atoms with van der Waals surface area (Å²) in [5.74, 6) is -0.339. The lowest BCUT2D eigenvalue weighted by Gasteiger charge is -2.07. The second kappa shape index (κ2) is 6.71. The molecule has 0 aromatic heterocycles. The molecular formula is C13H7BrClIN2O3. The Bertz CT molecular complexity index is 739. The van der Waals surface area contributed by atoms with Gasteiger partial charge in [0.2, 0.25) is 0 Å². The van der Waals surface area contributed by atoms with Gasteiger partial charge in [-0.05, 0) is 68.9 Å². The van der Waals surface area contributed by atoms with Crippen LogP contribution in [0.4, 0.5) is 11.4 Å². The van der Waals surface area contributed by atoms with Crippen molar-refractivity contribution in [2.45, 2.75) is 0 Å². The number of nitro groups is 1. The molecule has 0 saturated heterocycles. The van der Waals surface area contributed by atoms with Crippen molar-refractivity contribution in [2.75, 3.05) is 5.32 Å². The predicted octanol–water partition coefficient (Wildman–Crippen LogP) is 4.87. The molecular weight excluding hydrogens is 474 g/mol. The molecule has 0 spiro atoms. The molecule has 0 aliphatic carbocycles. The largest absolute Gasteiger partial charge is 0.322 e. The van der Waals surface area contributed by atoms with Gasteiger partial charge in [-0.2, -0.15) is 0 Å². The van der Waals surface area contributed by atoms with Gasteiger partial charge >= 0.3 is 0 Å². The predicted molar refractivity (Wildman–Crippen MR) is 92.9 cm³/mol. The molecule has 2 aromatic carbocycles. The topological polar surface area (TPSA) is 72.2 Å². The van der Waals surface area contributed by atoms with Gasteiger partial charge in [0.25, 0.3) is 11.6 Å². The molecule has 1 N–H and O–H groups in total. The summed E-state index contributed by atoms with van der Waals surface area (Å²) in [4.78, 5) is 22.3. The molecule has 2 rings (SSSR count). The van der Waals surface area contributed by atoms with Crippen LogP contribution in [0.25, 0.3) is 0 Å². The van der Waals surface area contributed by atoms with Gasteiger partial charge in [0.15, 0.2) is 0 Å². The van der Waals surface area contributed by atoms with Crippen LogP contribution < -0.4 is 5.32 Å². The van der Waals surface area contributed by atoms with Crippen LogP contribution in [0.15, 0.2) is 40.9 Å². The van der Waals surface area contributed by atoms with E-state index in [1.807, 2.05) is 0 Å². The standard InChI is InChI=1S/C13H7BrClIN2O3/c14-9-6-8(2-4-12(9)18(20)21)17-13(19)7-1-3-11(16)10(15)5-7/h1-6H,(H,17,19). The first-order valence-corrected chi connectivity index (χ1v) is 7.84. The molecule has 0 saturated carbocycles. The number of anilines is 1. The molecule has 0 aliphatic heterocycles. The number of nitrogens with zero attached hydrogens (tertiary/aromatic N) is 1. The van der Waals surface area contributed by atoms with Gasteiger partial charge in [0, 0.05) is 20.9 Å². The van der Waals surface area contributed by atoms with E-state index in [4.69, 9.17) is 11.6 Å². The maximum absolute atomic E-state index is 12.1. The summed E-state index contributed by atoms with van der Waals surface area (Å²) in [7, 11) is 0. The summed E-state index contributed by atoms with van der Waals surface area (Å²) in [6.45, 7) is 0. The number of nitro benzene ring substituents is 1. The molecule has 0 bridgehead atoms. The minimum absolute atomic E-state index is 0.0645. The Hall–Kier alpha value is -1.19. The monoisotopic (exact) mass is 480 g/mol. The van der Waals surface area contributed by atoms with E-state index in [0.717, 1.165) is 3.57 Å². The number of halogens is 3. The zero-order valence-corrected chi connectivity index (χ0v) is 14.8. The fraction of sp³-hybridized carbons (Fsp3) is 0. The van der Waals surface area contributed by atoms with Gasteiger partial charge < -0.3 is 5.32 Å². The lowest BCUT2D eigenvalue weighted by Crippen LogP contribution is -2.12. The van der Waals surface area contributed by atoms with E-state index in [0.29, 0.717) is 20.7 Å². The highest BCUT2D eigenvalue weighted by Crippen LogP contribution is 2.28. The quantitative estimate of drug-likeness (QED) is 0.386. The number of nitrogens with one attached hydrogen (secondary N) is 1. The molecule has 0 heterocycles. The molecule has 5 nitrogen and oxygen atoms in total. The van der Waals surface area contributed by atoms with Crippen LogP contribution in [0, 0.1) is 13.7 Å². The zero-order valence-electron chi connectivity index (χ0n) is 10.3. The number of carbonyl (C=O) groups is 1. The molecule has 0 unspecified atom stereocenters. The Labute approximate surface area is 147 Å². The molecule has 0 fully saturated rings. The lowest BCUT2D eigenvalue weighted by molar-refractivity contribution is -0.385. The van der Waals surface area contributed by atoms with Gasteiger partial charge in [-0.1, -0.05) is 11.6 Å². The number of rotatable bonds is 3. The first-order chi connectivity index (χ1) is 9.88. The lowest BCUT2D eigenvalue weighted by atomic mass is 10.2. The number of amides is 1. The highest BCUT2D eigenvalue weighted by molar-refractivity contribution is 14.1. The summed E-state index contributed by atoms with van der Waals surface area (Å²) < 4.78 is 1.15. The molecule has 21 heavy (non-hydrogen) atoms. The van der Waals surface area contributed by atoms with Crippen LogP contribution in [0.3, 0.4) is 0 Å². The second-order valence-electron chi connectivity index (χ2n) is 4.01. The van der Waals surface area contributed by atoms with E-state index >= 15 is 0 Å². The van der Waals surface area contributed by atoms with Gasteiger partial charge in [0.1, 0.15) is 0 Å². The average Bonchev–Trinajstić information content (AvgIpc) is 2.41. The van der Waals surface area contributed by atoms with Crippen LogP contribution in [-0.4, -0.2) is 10.8 Å². The molecule has 2 aromatic rings. The summed E-state index contributed by atoms with van der Waals surface area (Å²) >= 11 is 11.1. The maximum Gasteiger partial charge on any atom is 0.283 e. The van der Waals surface area contributed by atoms with Gasteiger partial charge in [-0.15, -0.1) is 0 Å². The van der Waals surface area contributed by atoms with E-state index in [1.165, 1.54) is 18.2 Å². The minimum atomic E-state index is -0.505. The summed E-state index contributed by atoms with van der Waals surface area (Å²) in [5, 5.41) is 13.9. The van der Waals surface area contributed by atoms with E-state index in [2.05, 4.69) is 43.8 Å². The van der Waals surface area contributed by atoms with Crippen LogP contribution in [0.2, 0.25) is 5.02 Å². The fourth-order valence-electron chi connectivity index (χ4n) is 1.57. The summed E-state index contributed by atoms with van der Waals surface area (Å²) in [5.41, 5.74) is 0.798. The van der Waals surface area contributed by atoms with Crippen LogP contribution in [0.1, 0.15) is 10.4 Å². The van der Waals surface area contributed by atoms with Crippen LogP contribution in [0.5, 0.6) is 0 Å². The Kier molecular flexibility index (Phi) is 5.17. The third-order valence-corrected chi connectivity index (χ3v) is 4.79. The molecule has 108 valence electrons. The van der Waals surface area contributed by atoms with E-state index in [1.54, 1.807) is 18.2 Å². The van der Waals surface area contributed by atoms with E-state index in [9.17, 15) is 14.9 Å². The molecule has 1 amide bonds. The van der Waals surface area contributed by atoms with Gasteiger partial charge in [-0.25, -0.2) is 0 Å². The normalized spacial score (nSPS) is 10.2. The molecule has 8 heteroatoms. The Morgan fingerprint density at radius 2 is 2.00 bits per heavy atom. The third kappa shape index (κ3) is 3.92. The number of hydrogen-bond donors (Lipinski definition) is 1. The number of carbonyl (C=O) groups excluding carboxylic acids is 1. The van der Waals surface area contributed by atoms with Crippen LogP contribution >= 0.6 is 50.1 Å². The molecule has 0 atom stereocenters. The molecule has 0 aliphatic rings. The summed E-state index contributed by atoms with van der Waals surface area (Å²) in [6, 6.07) is 9.23. The average molecular weight is 481 g/mol. The Morgan fingerprint density at radius 3 is 2.57 bits per heavy atom. The number of hydrogen-bond acceptors (Lipinski definition) is 3. The maximum atomic E-state index is 12.1. The van der Waals surface area contributed by atoms with Crippen molar-refractivity contribution in [1.82, 2.24) is 0 Å². The summed E-state index contributed by atoms with van der Waals surface area (Å²) in [6.07, 6.45) is 0. The van der Waals surface area contributed by atoms with Gasteiger partial charge in [0.05, 0.1) is 14.4 Å². The highest BCUT2D eigenvalue weighted by atomic mass is 127. The fourth-order valence-corrected chi connectivity index (χ4v) is 2.61. The second-order valence-corrected chi connectivity index (χ2v) is 6.43. The van der Waals surface area contributed by atoms with Crippen molar-refractivity contribution in [2.24, 2.45) is 0 Å². The van der Waals surface area contributed by atoms with E-state index in [-0.39, 0.29) is 11.6 Å². The van der Waals surface area contributed by atoms with Crippen molar-refractivity contribution in [3.63, 3.8) is 0 Å². The van der Waals surface area contributed by atoms with Crippen molar-refractivity contribution in [3.05, 3.63) is 65.1 Å². The van der Waals surface area contributed by atoms with Crippen LogP contribution in [-0.2, 0) is 0 Å². The van der Waals surface area contributed by atoms with Crippen molar-refractivity contribution in [1.29, 1.82) is 0 Å². The van der Waals surface area contributed by atoms with Gasteiger partial charge in [-0.3, -0.25) is 14.9 Å². The smallest absolute Gasteiger partial charge is 0.283 e. The Morgan fingerprint density at radius 1 is 1.29 bits per heavy atom. The number of benzene rings is 2. The minimum Gasteiger partial charge on any atom is -0.322 e. The van der Waals surface area contributed by atoms with Crippen molar-refractivity contribution >= 4 is 67.4 Å². The SMILES string of the molecule is O=C(Nc1ccc([N+](=O)[O-])c(Br)c1)c1ccc(I)c(Cl)c1. The Balaban J connectivity index is 2.21. The zero-order chi connectivity index (χ0) is 15.6. The van der Waals surface area contributed by atoms with E-state index < -0.39 is 4.92 Å². The first-order valence-electron chi connectivity index (χ1n) is 5.59. The van der Waals surface area contributed by atoms with Crippen molar-refractivity contribution in [3.8, 4) is 0 Å². The van der Waals surface area contributed by atoms with Crippen molar-refractivity contribution < 1.29 is 9.72 Å². The molecule has 0 radical (unpaired) electrons. The first kappa shape index (κ1) is 16.2. The third-order valence-electron chi connectivity index (χ3n) is 2.58.